The highest BCUT2D eigenvalue weighted by Crippen LogP contribution is 2.19. The highest BCUT2D eigenvalue weighted by molar-refractivity contribution is 5.89. The molecular formula is C16H16FNO2. The Bertz CT molecular complexity index is 588. The summed E-state index contributed by atoms with van der Waals surface area (Å²) in [6.07, 6.45) is 0. The van der Waals surface area contributed by atoms with E-state index >= 15 is 0 Å². The lowest BCUT2D eigenvalue weighted by Crippen LogP contribution is -2.05. The van der Waals surface area contributed by atoms with E-state index in [0.717, 1.165) is 11.1 Å². The molecule has 1 N–H and O–H groups in total. The number of hydrogen-bond acceptors (Lipinski definition) is 3. The van der Waals surface area contributed by atoms with Gasteiger partial charge in [-0.2, -0.15) is 0 Å². The zero-order valence-electron chi connectivity index (χ0n) is 11.4. The van der Waals surface area contributed by atoms with Gasteiger partial charge in [-0.15, -0.1) is 0 Å². The first-order valence-electron chi connectivity index (χ1n) is 6.28. The van der Waals surface area contributed by atoms with Gasteiger partial charge in [-0.3, -0.25) is 0 Å². The van der Waals surface area contributed by atoms with E-state index in [9.17, 15) is 9.18 Å². The molecule has 0 unspecified atom stereocenters. The van der Waals surface area contributed by atoms with Crippen molar-refractivity contribution in [2.75, 3.05) is 12.4 Å². The van der Waals surface area contributed by atoms with Crippen LogP contribution in [0.4, 0.5) is 10.1 Å². The number of nitrogens with one attached hydrogen (secondary N) is 1. The zero-order chi connectivity index (χ0) is 14.5. The molecule has 0 radical (unpaired) electrons. The number of anilines is 1. The van der Waals surface area contributed by atoms with Gasteiger partial charge >= 0.3 is 5.97 Å². The van der Waals surface area contributed by atoms with Crippen LogP contribution in [0, 0.1) is 12.7 Å². The minimum atomic E-state index is -0.366. The first kappa shape index (κ1) is 14.1. The number of hydrogen-bond donors (Lipinski definition) is 1. The third-order valence-electron chi connectivity index (χ3n) is 3.07. The Balaban J connectivity index is 2.06. The van der Waals surface area contributed by atoms with Crippen LogP contribution in [0.1, 0.15) is 21.5 Å². The van der Waals surface area contributed by atoms with Crippen LogP contribution in [0.25, 0.3) is 0 Å². The summed E-state index contributed by atoms with van der Waals surface area (Å²) in [4.78, 5) is 11.3. The van der Waals surface area contributed by atoms with Crippen molar-refractivity contribution in [3.05, 3.63) is 65.0 Å². The Labute approximate surface area is 117 Å². The van der Waals surface area contributed by atoms with E-state index in [0.29, 0.717) is 17.8 Å². The summed E-state index contributed by atoms with van der Waals surface area (Å²) in [6, 6.07) is 12.0. The number of halogens is 1. The van der Waals surface area contributed by atoms with Gasteiger partial charge in [0.15, 0.2) is 0 Å². The van der Waals surface area contributed by atoms with E-state index in [1.807, 2.05) is 25.1 Å². The molecule has 20 heavy (non-hydrogen) atoms. The van der Waals surface area contributed by atoms with E-state index in [-0.39, 0.29) is 11.8 Å². The summed E-state index contributed by atoms with van der Waals surface area (Å²) >= 11 is 0. The predicted molar refractivity (Wildman–Crippen MR) is 76.2 cm³/mol. The highest BCUT2D eigenvalue weighted by atomic mass is 19.1. The number of methoxy groups -OCH3 is 1. The molecule has 0 aliphatic carbocycles. The number of benzene rings is 2. The minimum Gasteiger partial charge on any atom is -0.465 e. The van der Waals surface area contributed by atoms with Crippen LogP contribution in [0.5, 0.6) is 0 Å². The van der Waals surface area contributed by atoms with Crippen molar-refractivity contribution in [1.82, 2.24) is 0 Å². The Kier molecular flexibility index (Phi) is 4.35. The number of carbonyl (C=O) groups is 1. The summed E-state index contributed by atoms with van der Waals surface area (Å²) in [5.74, 6) is -0.634. The molecule has 0 aliphatic heterocycles. The Morgan fingerprint density at radius 2 is 1.90 bits per heavy atom. The van der Waals surface area contributed by atoms with Crippen LogP contribution in [0.15, 0.2) is 42.5 Å². The fourth-order valence-corrected chi connectivity index (χ4v) is 1.92. The molecule has 0 heterocycles. The second-order valence-corrected chi connectivity index (χ2v) is 4.47. The molecule has 0 aliphatic rings. The summed E-state index contributed by atoms with van der Waals surface area (Å²) in [5.41, 5.74) is 2.82. The van der Waals surface area contributed by atoms with Crippen LogP contribution in [0.2, 0.25) is 0 Å². The summed E-state index contributed by atoms with van der Waals surface area (Å²) in [6.45, 7) is 2.34. The number of para-hydroxylation sites is 1. The van der Waals surface area contributed by atoms with Crippen LogP contribution in [0.3, 0.4) is 0 Å². The van der Waals surface area contributed by atoms with Crippen molar-refractivity contribution in [2.24, 2.45) is 0 Å². The van der Waals surface area contributed by atoms with Crippen LogP contribution < -0.4 is 5.32 Å². The molecule has 2 aromatic rings. The molecule has 2 rings (SSSR count). The lowest BCUT2D eigenvalue weighted by Gasteiger charge is -2.10. The van der Waals surface area contributed by atoms with Gasteiger partial charge in [0.2, 0.25) is 0 Å². The monoisotopic (exact) mass is 273 g/mol. The maximum absolute atomic E-state index is 13.6. The maximum atomic E-state index is 13.6. The van der Waals surface area contributed by atoms with Gasteiger partial charge in [0.25, 0.3) is 0 Å². The van der Waals surface area contributed by atoms with Gasteiger partial charge in [0.1, 0.15) is 5.82 Å². The SMILES string of the molecule is COC(=O)c1ccc(CNc2c(C)cccc2F)cc1. The topological polar surface area (TPSA) is 38.3 Å². The van der Waals surface area contributed by atoms with Crippen LogP contribution in [-0.4, -0.2) is 13.1 Å². The molecule has 0 aromatic heterocycles. The van der Waals surface area contributed by atoms with Crippen LogP contribution >= 0.6 is 0 Å². The van der Waals surface area contributed by atoms with E-state index in [1.165, 1.54) is 13.2 Å². The largest absolute Gasteiger partial charge is 0.465 e. The van der Waals surface area contributed by atoms with Crippen molar-refractivity contribution in [2.45, 2.75) is 13.5 Å². The van der Waals surface area contributed by atoms with E-state index in [4.69, 9.17) is 0 Å². The molecule has 0 spiro atoms. The van der Waals surface area contributed by atoms with Crippen molar-refractivity contribution in [3.63, 3.8) is 0 Å². The third-order valence-corrected chi connectivity index (χ3v) is 3.07. The average Bonchev–Trinajstić information content (AvgIpc) is 2.46. The molecular weight excluding hydrogens is 257 g/mol. The number of rotatable bonds is 4. The average molecular weight is 273 g/mol. The molecule has 2 aromatic carbocycles. The molecule has 4 heteroatoms. The minimum absolute atomic E-state index is 0.267. The lowest BCUT2D eigenvalue weighted by molar-refractivity contribution is 0.0600. The van der Waals surface area contributed by atoms with Gasteiger partial charge in [-0.05, 0) is 36.2 Å². The number of esters is 1. The zero-order valence-corrected chi connectivity index (χ0v) is 11.4. The highest BCUT2D eigenvalue weighted by Gasteiger charge is 2.06. The standard InChI is InChI=1S/C16H16FNO2/c1-11-4-3-5-14(17)15(11)18-10-12-6-8-13(9-7-12)16(19)20-2/h3-9,18H,10H2,1-2H3. The van der Waals surface area contributed by atoms with E-state index < -0.39 is 0 Å². The molecule has 104 valence electrons. The van der Waals surface area contributed by atoms with Gasteiger partial charge < -0.3 is 10.1 Å². The first-order valence-corrected chi connectivity index (χ1v) is 6.28. The molecule has 0 fully saturated rings. The Morgan fingerprint density at radius 1 is 1.20 bits per heavy atom. The normalized spacial score (nSPS) is 10.2. The summed E-state index contributed by atoms with van der Waals surface area (Å²) in [5, 5.41) is 3.07. The molecule has 0 saturated carbocycles. The van der Waals surface area contributed by atoms with Crippen molar-refractivity contribution in [1.29, 1.82) is 0 Å². The van der Waals surface area contributed by atoms with Crippen molar-refractivity contribution < 1.29 is 13.9 Å². The molecule has 0 bridgehead atoms. The number of carbonyl (C=O) groups excluding carboxylic acids is 1. The van der Waals surface area contributed by atoms with E-state index in [2.05, 4.69) is 10.1 Å². The molecule has 0 saturated heterocycles. The second-order valence-electron chi connectivity index (χ2n) is 4.47. The first-order chi connectivity index (χ1) is 9.61. The van der Waals surface area contributed by atoms with E-state index in [1.54, 1.807) is 18.2 Å². The molecule has 0 amide bonds. The molecule has 0 atom stereocenters. The number of ether oxygens (including phenoxy) is 1. The predicted octanol–water partition coefficient (Wildman–Crippen LogP) is 3.53. The number of aryl methyl sites for hydroxylation is 1. The Morgan fingerprint density at radius 3 is 2.50 bits per heavy atom. The lowest BCUT2D eigenvalue weighted by atomic mass is 10.1. The second kappa shape index (κ2) is 6.19. The third kappa shape index (κ3) is 3.15. The van der Waals surface area contributed by atoms with Gasteiger partial charge in [0, 0.05) is 6.54 Å². The van der Waals surface area contributed by atoms with Gasteiger partial charge in [0.05, 0.1) is 18.4 Å². The summed E-state index contributed by atoms with van der Waals surface area (Å²) in [7, 11) is 1.35. The van der Waals surface area contributed by atoms with Crippen LogP contribution in [-0.2, 0) is 11.3 Å². The van der Waals surface area contributed by atoms with Gasteiger partial charge in [-0.25, -0.2) is 9.18 Å². The van der Waals surface area contributed by atoms with Crippen molar-refractivity contribution >= 4 is 11.7 Å². The summed E-state index contributed by atoms with van der Waals surface area (Å²) < 4.78 is 18.3. The van der Waals surface area contributed by atoms with Crippen molar-refractivity contribution in [3.8, 4) is 0 Å². The Hall–Kier alpha value is -2.36. The van der Waals surface area contributed by atoms with Gasteiger partial charge in [-0.1, -0.05) is 24.3 Å². The fraction of sp³-hybridized carbons (Fsp3) is 0.188. The fourth-order valence-electron chi connectivity index (χ4n) is 1.92. The molecule has 3 nitrogen and oxygen atoms in total. The maximum Gasteiger partial charge on any atom is 0.337 e. The quantitative estimate of drug-likeness (QED) is 0.866. The smallest absolute Gasteiger partial charge is 0.337 e.